The molecule has 3 N–H and O–H groups in total. The van der Waals surface area contributed by atoms with E-state index in [9.17, 15) is 13.6 Å². The molecule has 1 unspecified atom stereocenters. The molecule has 0 spiro atoms. The third kappa shape index (κ3) is 3.96. The summed E-state index contributed by atoms with van der Waals surface area (Å²) in [5, 5.41) is 6.61. The fourth-order valence-electron chi connectivity index (χ4n) is 4.07. The zero-order valence-corrected chi connectivity index (χ0v) is 16.4. The predicted molar refractivity (Wildman–Crippen MR) is 102 cm³/mol. The number of ether oxygens (including phenoxy) is 1. The number of rotatable bonds is 8. The number of hydrogen-bond donors (Lipinski definition) is 2. The molecule has 0 bridgehead atoms. The minimum atomic E-state index is -0.737. The Bertz CT molecular complexity index is 898. The van der Waals surface area contributed by atoms with Crippen molar-refractivity contribution in [2.45, 2.75) is 44.7 Å². The average Bonchev–Trinajstić information content (AvgIpc) is 3.63. The van der Waals surface area contributed by atoms with Crippen LogP contribution in [0.4, 0.5) is 14.5 Å². The number of methoxy groups -OCH3 is 1. The van der Waals surface area contributed by atoms with E-state index in [1.807, 2.05) is 0 Å². The van der Waals surface area contributed by atoms with Gasteiger partial charge in [-0.25, -0.2) is 14.1 Å². The average molecular weight is 405 g/mol. The molecular formula is C20H25F2N5O2. The molecular weight excluding hydrogens is 380 g/mol. The minimum absolute atomic E-state index is 0.0500. The van der Waals surface area contributed by atoms with Crippen LogP contribution in [0.1, 0.15) is 44.2 Å². The highest BCUT2D eigenvalue weighted by Gasteiger charge is 2.46. The van der Waals surface area contributed by atoms with Crippen LogP contribution in [-0.2, 0) is 4.79 Å². The summed E-state index contributed by atoms with van der Waals surface area (Å²) in [5.74, 6) is -0.352. The fourth-order valence-corrected chi connectivity index (χ4v) is 4.07. The van der Waals surface area contributed by atoms with E-state index in [1.54, 1.807) is 6.92 Å². The number of amides is 1. The van der Waals surface area contributed by atoms with Gasteiger partial charge in [0.2, 0.25) is 17.7 Å². The highest BCUT2D eigenvalue weighted by Crippen LogP contribution is 2.50. The number of anilines is 1. The molecule has 1 amide bonds. The summed E-state index contributed by atoms with van der Waals surface area (Å²) in [6, 6.07) is -0.136. The smallest absolute Gasteiger partial charge is 0.241 e. The third-order valence-electron chi connectivity index (χ3n) is 5.90. The van der Waals surface area contributed by atoms with Crippen LogP contribution in [0.15, 0.2) is 18.5 Å². The lowest BCUT2D eigenvalue weighted by molar-refractivity contribution is -0.118. The number of aromatic nitrogens is 3. The number of carbonyl (C=O) groups is 1. The van der Waals surface area contributed by atoms with E-state index in [0.717, 1.165) is 36.6 Å². The number of carbonyl (C=O) groups excluding carboxylic acids is 1. The minimum Gasteiger partial charge on any atom is -0.481 e. The highest BCUT2D eigenvalue weighted by molar-refractivity contribution is 5.94. The van der Waals surface area contributed by atoms with E-state index in [1.165, 1.54) is 19.4 Å². The topological polar surface area (TPSA) is 95.1 Å². The molecule has 156 valence electrons. The van der Waals surface area contributed by atoms with Gasteiger partial charge < -0.3 is 15.8 Å². The van der Waals surface area contributed by atoms with Crippen LogP contribution in [0.2, 0.25) is 0 Å². The first-order valence-electron chi connectivity index (χ1n) is 9.89. The van der Waals surface area contributed by atoms with Crippen LogP contribution < -0.4 is 15.8 Å². The van der Waals surface area contributed by atoms with Gasteiger partial charge in [0.1, 0.15) is 11.5 Å². The summed E-state index contributed by atoms with van der Waals surface area (Å²) in [6.07, 6.45) is 6.69. The Balaban J connectivity index is 1.51. The number of nitrogens with two attached hydrogens (primary N) is 1. The van der Waals surface area contributed by atoms with E-state index >= 15 is 0 Å². The molecule has 2 aliphatic rings. The second-order valence-electron chi connectivity index (χ2n) is 7.99. The molecule has 2 aromatic heterocycles. The lowest BCUT2D eigenvalue weighted by atomic mass is 9.89. The van der Waals surface area contributed by atoms with Crippen molar-refractivity contribution >= 4 is 11.6 Å². The van der Waals surface area contributed by atoms with E-state index < -0.39 is 29.8 Å². The van der Waals surface area contributed by atoms with Crippen molar-refractivity contribution in [2.24, 2.45) is 23.5 Å². The lowest BCUT2D eigenvalue weighted by Crippen LogP contribution is -2.43. The van der Waals surface area contributed by atoms with Crippen molar-refractivity contribution in [2.75, 3.05) is 12.4 Å². The zero-order chi connectivity index (χ0) is 20.7. The molecule has 0 aliphatic heterocycles. The highest BCUT2D eigenvalue weighted by atomic mass is 19.1. The van der Waals surface area contributed by atoms with Crippen LogP contribution >= 0.6 is 0 Å². The van der Waals surface area contributed by atoms with Crippen LogP contribution in [0.5, 0.6) is 5.88 Å². The molecule has 2 fully saturated rings. The van der Waals surface area contributed by atoms with Gasteiger partial charge in [-0.05, 0) is 56.4 Å². The third-order valence-corrected chi connectivity index (χ3v) is 5.90. The Hall–Kier alpha value is -2.55. The van der Waals surface area contributed by atoms with Gasteiger partial charge in [-0.15, -0.1) is 0 Å². The second kappa shape index (κ2) is 7.70. The number of hydrogen-bond acceptors (Lipinski definition) is 5. The molecule has 0 radical (unpaired) electrons. The Morgan fingerprint density at radius 3 is 2.52 bits per heavy atom. The van der Waals surface area contributed by atoms with Gasteiger partial charge >= 0.3 is 0 Å². The summed E-state index contributed by atoms with van der Waals surface area (Å²) < 4.78 is 34.8. The van der Waals surface area contributed by atoms with Gasteiger partial charge in [-0.2, -0.15) is 9.49 Å². The standard InChI is InChI=1S/C20H25F2N5O2/c1-10(14-7-13(21)8-24-20(14)29-2)27-18(22)15(9-25-27)26-19(28)17(23)16(11-3-4-11)12-5-6-12/h7-12,16-17H,3-6,23H2,1-2H3,(H,26,28)/t10-,17?/m0/s1. The summed E-state index contributed by atoms with van der Waals surface area (Å²) in [5.41, 5.74) is 6.51. The van der Waals surface area contributed by atoms with E-state index in [4.69, 9.17) is 10.5 Å². The summed E-state index contributed by atoms with van der Waals surface area (Å²) in [4.78, 5) is 16.5. The van der Waals surface area contributed by atoms with Crippen molar-refractivity contribution in [1.29, 1.82) is 0 Å². The van der Waals surface area contributed by atoms with Crippen molar-refractivity contribution < 1.29 is 18.3 Å². The number of halogens is 2. The van der Waals surface area contributed by atoms with Crippen LogP contribution in [0.3, 0.4) is 0 Å². The number of nitrogens with one attached hydrogen (secondary N) is 1. The largest absolute Gasteiger partial charge is 0.481 e. The van der Waals surface area contributed by atoms with Crippen molar-refractivity contribution in [3.63, 3.8) is 0 Å². The van der Waals surface area contributed by atoms with E-state index in [0.29, 0.717) is 17.4 Å². The second-order valence-corrected chi connectivity index (χ2v) is 7.99. The first-order chi connectivity index (χ1) is 13.9. The molecule has 2 atom stereocenters. The van der Waals surface area contributed by atoms with Crippen LogP contribution in [0, 0.1) is 29.5 Å². The normalized spacial score (nSPS) is 18.6. The maximum atomic E-state index is 15.0. The predicted octanol–water partition coefficient (Wildman–Crippen LogP) is 2.88. The molecule has 2 saturated carbocycles. The number of nitrogens with zero attached hydrogens (tertiary/aromatic N) is 3. The molecule has 29 heavy (non-hydrogen) atoms. The Kier molecular flexibility index (Phi) is 5.24. The summed E-state index contributed by atoms with van der Waals surface area (Å²) in [6.45, 7) is 1.64. The van der Waals surface area contributed by atoms with Gasteiger partial charge in [0.25, 0.3) is 0 Å². The van der Waals surface area contributed by atoms with Gasteiger partial charge in [0.05, 0.1) is 31.6 Å². The molecule has 4 rings (SSSR count). The molecule has 2 aliphatic carbocycles. The quantitative estimate of drug-likeness (QED) is 0.704. The van der Waals surface area contributed by atoms with Crippen molar-refractivity contribution in [3.8, 4) is 5.88 Å². The Labute approximate surface area is 167 Å². The summed E-state index contributed by atoms with van der Waals surface area (Å²) >= 11 is 0. The maximum absolute atomic E-state index is 15.0. The molecule has 0 saturated heterocycles. The monoisotopic (exact) mass is 405 g/mol. The Morgan fingerprint density at radius 1 is 1.28 bits per heavy atom. The van der Waals surface area contributed by atoms with Gasteiger partial charge in [0, 0.05) is 5.56 Å². The van der Waals surface area contributed by atoms with Crippen LogP contribution in [-0.4, -0.2) is 33.8 Å². The fraction of sp³-hybridized carbons (Fsp3) is 0.550. The molecule has 9 heteroatoms. The van der Waals surface area contributed by atoms with E-state index in [2.05, 4.69) is 15.4 Å². The molecule has 2 heterocycles. The molecule has 0 aromatic carbocycles. The zero-order valence-electron chi connectivity index (χ0n) is 16.4. The SMILES string of the molecule is COc1ncc(F)cc1[C@H](C)n1ncc(NC(=O)C(N)C(C2CC2)C2CC2)c1F. The first kappa shape index (κ1) is 19.8. The van der Waals surface area contributed by atoms with Gasteiger partial charge in [-0.1, -0.05) is 0 Å². The van der Waals surface area contributed by atoms with Crippen molar-refractivity contribution in [1.82, 2.24) is 14.8 Å². The molecule has 7 nitrogen and oxygen atoms in total. The van der Waals surface area contributed by atoms with Crippen LogP contribution in [0.25, 0.3) is 0 Å². The van der Waals surface area contributed by atoms with Gasteiger partial charge in [-0.3, -0.25) is 4.79 Å². The first-order valence-corrected chi connectivity index (χ1v) is 9.89. The lowest BCUT2D eigenvalue weighted by Gasteiger charge is -2.22. The summed E-state index contributed by atoms with van der Waals surface area (Å²) in [7, 11) is 1.40. The van der Waals surface area contributed by atoms with Crippen molar-refractivity contribution in [3.05, 3.63) is 35.8 Å². The molecule has 2 aromatic rings. The van der Waals surface area contributed by atoms with Gasteiger partial charge in [0.15, 0.2) is 0 Å². The number of pyridine rings is 1. The Morgan fingerprint density at radius 2 is 1.93 bits per heavy atom. The van der Waals surface area contributed by atoms with E-state index in [-0.39, 0.29) is 17.5 Å². The maximum Gasteiger partial charge on any atom is 0.241 e.